The Bertz CT molecular complexity index is 936. The van der Waals surface area contributed by atoms with Crippen molar-refractivity contribution in [2.45, 2.75) is 26.1 Å². The van der Waals surface area contributed by atoms with Crippen molar-refractivity contribution in [3.8, 4) is 0 Å². The number of rotatable bonds is 3. The molecule has 4 heteroatoms. The van der Waals surface area contributed by atoms with Crippen LogP contribution in [0.25, 0.3) is 17.1 Å². The molecule has 3 aromatic rings. The second kappa shape index (κ2) is 6.13. The molecule has 1 N–H and O–H groups in total. The zero-order valence-corrected chi connectivity index (χ0v) is 13.8. The number of aromatic nitrogens is 2. The van der Waals surface area contributed by atoms with Gasteiger partial charge in [0.1, 0.15) is 0 Å². The molecule has 0 saturated heterocycles. The Morgan fingerprint density at radius 2 is 2.00 bits per heavy atom. The van der Waals surface area contributed by atoms with Crippen molar-refractivity contribution in [2.24, 2.45) is 0 Å². The fraction of sp³-hybridized carbons (Fsp3) is 0.250. The molecule has 4 rings (SSSR count). The molecule has 1 aliphatic heterocycles. The lowest BCUT2D eigenvalue weighted by molar-refractivity contribution is 0.210. The van der Waals surface area contributed by atoms with Crippen LogP contribution in [0.4, 0.5) is 0 Å². The van der Waals surface area contributed by atoms with Crippen LogP contribution < -0.4 is 5.69 Å². The zero-order valence-electron chi connectivity index (χ0n) is 13.8. The Hall–Kier alpha value is -2.59. The molecule has 0 amide bonds. The Morgan fingerprint density at radius 3 is 2.83 bits per heavy atom. The van der Waals surface area contributed by atoms with Gasteiger partial charge in [0.25, 0.3) is 0 Å². The first-order valence-corrected chi connectivity index (χ1v) is 8.38. The minimum atomic E-state index is -0.00835. The van der Waals surface area contributed by atoms with Gasteiger partial charge >= 0.3 is 5.69 Å². The number of nitrogens with one attached hydrogen (secondary N) is 1. The van der Waals surface area contributed by atoms with E-state index in [0.717, 1.165) is 30.7 Å². The Balaban J connectivity index is 1.60. The number of hydrogen-bond acceptors (Lipinski definition) is 2. The number of aromatic amines is 1. The summed E-state index contributed by atoms with van der Waals surface area (Å²) < 4.78 is 1.89. The molecule has 0 aliphatic carbocycles. The summed E-state index contributed by atoms with van der Waals surface area (Å²) in [6, 6.07) is 16.8. The second-order valence-corrected chi connectivity index (χ2v) is 6.45. The first-order chi connectivity index (χ1) is 11.7. The standard InChI is InChI=1S/C20H21N3O/c1-15-13-23-19-17(10-5-11-18(19)21-20(23)24)14-22(15)12-6-9-16-7-3-2-4-8-16/h2-11,15H,12-14H2,1H3,(H,21,24)/b9-6-/t15-/m0/s1. The maximum absolute atomic E-state index is 12.2. The lowest BCUT2D eigenvalue weighted by atomic mass is 10.1. The number of H-pyrrole nitrogens is 1. The predicted octanol–water partition coefficient (Wildman–Crippen LogP) is 3.25. The van der Waals surface area contributed by atoms with Gasteiger partial charge < -0.3 is 4.98 Å². The van der Waals surface area contributed by atoms with Crippen LogP contribution in [0.5, 0.6) is 0 Å². The third kappa shape index (κ3) is 2.69. The van der Waals surface area contributed by atoms with E-state index in [-0.39, 0.29) is 5.69 Å². The molecule has 1 atom stereocenters. The van der Waals surface area contributed by atoms with Crippen molar-refractivity contribution in [2.75, 3.05) is 6.54 Å². The first-order valence-electron chi connectivity index (χ1n) is 8.38. The highest BCUT2D eigenvalue weighted by Gasteiger charge is 2.22. The van der Waals surface area contributed by atoms with Gasteiger partial charge in [0.2, 0.25) is 0 Å². The number of benzene rings is 2. The third-order valence-corrected chi connectivity index (χ3v) is 4.77. The normalized spacial score (nSPS) is 18.3. The Kier molecular flexibility index (Phi) is 3.82. The van der Waals surface area contributed by atoms with Gasteiger partial charge in [-0.1, -0.05) is 54.6 Å². The van der Waals surface area contributed by atoms with Gasteiger partial charge in [-0.3, -0.25) is 9.47 Å². The highest BCUT2D eigenvalue weighted by molar-refractivity contribution is 5.79. The predicted molar refractivity (Wildman–Crippen MR) is 97.9 cm³/mol. The second-order valence-electron chi connectivity index (χ2n) is 6.45. The SMILES string of the molecule is C[C@H]1Cn2c(=O)[nH]c3cccc(c32)CN1C/C=C\c1ccccc1. The van der Waals surface area contributed by atoms with Gasteiger partial charge in [0.15, 0.2) is 0 Å². The van der Waals surface area contributed by atoms with Crippen molar-refractivity contribution in [3.05, 3.63) is 76.2 Å². The average Bonchev–Trinajstić information content (AvgIpc) is 2.82. The summed E-state index contributed by atoms with van der Waals surface area (Å²) in [5, 5.41) is 0. The van der Waals surface area contributed by atoms with Crippen molar-refractivity contribution in [3.63, 3.8) is 0 Å². The lowest BCUT2D eigenvalue weighted by Crippen LogP contribution is -2.35. The molecule has 0 unspecified atom stereocenters. The molecule has 0 fully saturated rings. The van der Waals surface area contributed by atoms with Crippen molar-refractivity contribution in [1.82, 2.24) is 14.5 Å². The highest BCUT2D eigenvalue weighted by Crippen LogP contribution is 2.23. The fourth-order valence-electron chi connectivity index (χ4n) is 3.48. The molecule has 2 heterocycles. The fourth-order valence-corrected chi connectivity index (χ4v) is 3.48. The molecule has 24 heavy (non-hydrogen) atoms. The molecule has 1 aromatic heterocycles. The van der Waals surface area contributed by atoms with E-state index < -0.39 is 0 Å². The number of nitrogens with zero attached hydrogens (tertiary/aromatic N) is 2. The monoisotopic (exact) mass is 319 g/mol. The van der Waals surface area contributed by atoms with Crippen LogP contribution in [0.2, 0.25) is 0 Å². The van der Waals surface area contributed by atoms with Crippen molar-refractivity contribution >= 4 is 17.1 Å². The molecule has 0 bridgehead atoms. The van der Waals surface area contributed by atoms with Crippen LogP contribution in [0, 0.1) is 0 Å². The minimum absolute atomic E-state index is 0.00835. The van der Waals surface area contributed by atoms with E-state index in [1.165, 1.54) is 11.1 Å². The number of imidazole rings is 1. The van der Waals surface area contributed by atoms with E-state index in [9.17, 15) is 4.79 Å². The van der Waals surface area contributed by atoms with Gasteiger partial charge in [-0.2, -0.15) is 0 Å². The van der Waals surface area contributed by atoms with Crippen LogP contribution in [0.1, 0.15) is 18.1 Å². The minimum Gasteiger partial charge on any atom is -0.306 e. The molecule has 2 aromatic carbocycles. The summed E-state index contributed by atoms with van der Waals surface area (Å²) in [5.74, 6) is 0. The van der Waals surface area contributed by atoms with Gasteiger partial charge in [0, 0.05) is 25.7 Å². The number of para-hydroxylation sites is 1. The van der Waals surface area contributed by atoms with Crippen molar-refractivity contribution in [1.29, 1.82) is 0 Å². The van der Waals surface area contributed by atoms with E-state index in [2.05, 4.69) is 59.3 Å². The molecule has 1 aliphatic rings. The maximum atomic E-state index is 12.2. The van der Waals surface area contributed by atoms with Crippen LogP contribution in [0.3, 0.4) is 0 Å². The van der Waals surface area contributed by atoms with Crippen LogP contribution in [0.15, 0.2) is 59.4 Å². The molecule has 4 nitrogen and oxygen atoms in total. The van der Waals surface area contributed by atoms with E-state index in [1.807, 2.05) is 22.8 Å². The van der Waals surface area contributed by atoms with E-state index >= 15 is 0 Å². The van der Waals surface area contributed by atoms with Gasteiger partial charge in [-0.05, 0) is 24.1 Å². The van der Waals surface area contributed by atoms with E-state index in [4.69, 9.17) is 0 Å². The van der Waals surface area contributed by atoms with Gasteiger partial charge in [-0.15, -0.1) is 0 Å². The first kappa shape index (κ1) is 15.0. The lowest BCUT2D eigenvalue weighted by Gasteiger charge is -2.25. The zero-order chi connectivity index (χ0) is 16.5. The van der Waals surface area contributed by atoms with Gasteiger partial charge in [0.05, 0.1) is 11.0 Å². The smallest absolute Gasteiger partial charge is 0.306 e. The Labute approximate surface area is 141 Å². The van der Waals surface area contributed by atoms with Crippen LogP contribution in [-0.2, 0) is 13.1 Å². The van der Waals surface area contributed by atoms with Gasteiger partial charge in [-0.25, -0.2) is 4.79 Å². The Morgan fingerprint density at radius 1 is 1.17 bits per heavy atom. The summed E-state index contributed by atoms with van der Waals surface area (Å²) in [7, 11) is 0. The van der Waals surface area contributed by atoms with E-state index in [1.54, 1.807) is 0 Å². The molecule has 0 spiro atoms. The average molecular weight is 319 g/mol. The third-order valence-electron chi connectivity index (χ3n) is 4.77. The molecular formula is C20H21N3O. The molecule has 0 radical (unpaired) electrons. The summed E-state index contributed by atoms with van der Waals surface area (Å²) in [6.45, 7) is 4.63. The largest absolute Gasteiger partial charge is 0.326 e. The van der Waals surface area contributed by atoms with Crippen molar-refractivity contribution < 1.29 is 0 Å². The summed E-state index contributed by atoms with van der Waals surface area (Å²) in [4.78, 5) is 17.6. The topological polar surface area (TPSA) is 41.0 Å². The van der Waals surface area contributed by atoms with Crippen LogP contribution >= 0.6 is 0 Å². The quantitative estimate of drug-likeness (QED) is 0.805. The molecule has 122 valence electrons. The summed E-state index contributed by atoms with van der Waals surface area (Å²) >= 11 is 0. The molecule has 0 saturated carbocycles. The maximum Gasteiger partial charge on any atom is 0.326 e. The summed E-state index contributed by atoms with van der Waals surface area (Å²) in [5.41, 5.74) is 4.41. The number of hydrogen-bond donors (Lipinski definition) is 1. The summed E-state index contributed by atoms with van der Waals surface area (Å²) in [6.07, 6.45) is 4.36. The molecular weight excluding hydrogens is 298 g/mol. The van der Waals surface area contributed by atoms with Crippen LogP contribution in [-0.4, -0.2) is 27.0 Å². The van der Waals surface area contributed by atoms with E-state index in [0.29, 0.717) is 6.04 Å². The highest BCUT2D eigenvalue weighted by atomic mass is 16.1.